The normalized spacial score (nSPS) is 21.5. The Labute approximate surface area is 122 Å². The second kappa shape index (κ2) is 5.58. The molecule has 1 aromatic carbocycles. The molecule has 1 aliphatic rings. The summed E-state index contributed by atoms with van der Waals surface area (Å²) in [6, 6.07) is 3.23. The quantitative estimate of drug-likeness (QED) is 0.906. The molecule has 0 bridgehead atoms. The molecule has 21 heavy (non-hydrogen) atoms. The van der Waals surface area contributed by atoms with E-state index in [2.05, 4.69) is 5.32 Å². The van der Waals surface area contributed by atoms with Crippen molar-refractivity contribution in [2.75, 3.05) is 19.6 Å². The average molecular weight is 322 g/mol. The molecule has 1 atom stereocenters. The number of sulfonamides is 1. The van der Waals surface area contributed by atoms with Crippen molar-refractivity contribution in [1.29, 1.82) is 0 Å². The fraction of sp³-hybridized carbons (Fsp3) is 0.538. The van der Waals surface area contributed by atoms with E-state index in [9.17, 15) is 21.6 Å². The predicted octanol–water partition coefficient (Wildman–Crippen LogP) is 2.00. The van der Waals surface area contributed by atoms with E-state index in [4.69, 9.17) is 0 Å². The van der Waals surface area contributed by atoms with Crippen LogP contribution in [-0.2, 0) is 16.2 Å². The van der Waals surface area contributed by atoms with Crippen LogP contribution in [0.5, 0.6) is 0 Å². The summed E-state index contributed by atoms with van der Waals surface area (Å²) >= 11 is 0. The summed E-state index contributed by atoms with van der Waals surface area (Å²) in [5.41, 5.74) is -1.16. The first-order valence-electron chi connectivity index (χ1n) is 6.54. The smallest absolute Gasteiger partial charge is 0.312 e. The van der Waals surface area contributed by atoms with Gasteiger partial charge in [0.05, 0.1) is 10.5 Å². The fourth-order valence-electron chi connectivity index (χ4n) is 2.46. The lowest BCUT2D eigenvalue weighted by Gasteiger charge is -2.31. The van der Waals surface area contributed by atoms with Crippen LogP contribution in [0, 0.1) is 6.92 Å². The molecule has 0 unspecified atom stereocenters. The van der Waals surface area contributed by atoms with Crippen LogP contribution >= 0.6 is 0 Å². The van der Waals surface area contributed by atoms with Crippen molar-refractivity contribution < 1.29 is 21.6 Å². The van der Waals surface area contributed by atoms with Crippen LogP contribution in [0.25, 0.3) is 0 Å². The lowest BCUT2D eigenvalue weighted by Crippen LogP contribution is -2.51. The summed E-state index contributed by atoms with van der Waals surface area (Å²) in [6.07, 6.45) is -4.56. The van der Waals surface area contributed by atoms with E-state index in [1.807, 2.05) is 6.92 Å². The molecule has 1 fully saturated rings. The van der Waals surface area contributed by atoms with Crippen molar-refractivity contribution >= 4 is 10.0 Å². The zero-order valence-electron chi connectivity index (χ0n) is 11.7. The van der Waals surface area contributed by atoms with Crippen LogP contribution in [0.3, 0.4) is 0 Å². The first-order chi connectivity index (χ1) is 9.64. The zero-order chi connectivity index (χ0) is 15.8. The van der Waals surface area contributed by atoms with Gasteiger partial charge in [0.25, 0.3) is 0 Å². The first kappa shape index (κ1) is 16.3. The number of alkyl halides is 3. The van der Waals surface area contributed by atoms with Gasteiger partial charge in [0.2, 0.25) is 10.0 Å². The van der Waals surface area contributed by atoms with Gasteiger partial charge in [0, 0.05) is 25.7 Å². The summed E-state index contributed by atoms with van der Waals surface area (Å²) in [4.78, 5) is -0.272. The lowest BCUT2D eigenvalue weighted by molar-refractivity contribution is -0.138. The van der Waals surface area contributed by atoms with Gasteiger partial charge >= 0.3 is 6.18 Å². The molecular formula is C13H17F3N2O2S. The Morgan fingerprint density at radius 3 is 2.57 bits per heavy atom. The molecule has 2 rings (SSSR count). The van der Waals surface area contributed by atoms with Crippen molar-refractivity contribution in [2.45, 2.75) is 31.0 Å². The number of nitrogens with one attached hydrogen (secondary N) is 1. The molecule has 0 saturated carbocycles. The van der Waals surface area contributed by atoms with Gasteiger partial charge in [0.15, 0.2) is 0 Å². The van der Waals surface area contributed by atoms with E-state index in [1.54, 1.807) is 0 Å². The van der Waals surface area contributed by atoms with Gasteiger partial charge < -0.3 is 5.32 Å². The molecular weight excluding hydrogens is 305 g/mol. The summed E-state index contributed by atoms with van der Waals surface area (Å²) < 4.78 is 65.1. The Morgan fingerprint density at radius 1 is 1.33 bits per heavy atom. The van der Waals surface area contributed by atoms with E-state index in [-0.39, 0.29) is 29.6 Å². The van der Waals surface area contributed by atoms with Crippen LogP contribution in [0.15, 0.2) is 23.1 Å². The van der Waals surface area contributed by atoms with Gasteiger partial charge in [0.1, 0.15) is 0 Å². The van der Waals surface area contributed by atoms with Crippen LogP contribution in [0.1, 0.15) is 18.1 Å². The monoisotopic (exact) mass is 322 g/mol. The molecule has 4 nitrogen and oxygen atoms in total. The van der Waals surface area contributed by atoms with Gasteiger partial charge in [-0.1, -0.05) is 6.07 Å². The standard InChI is InChI=1S/C13H17F3N2O2S/c1-9-8-18(7-6-17-9)21(19,20)12-5-3-4-11(10(12)2)13(14,15)16/h3-5,9,17H,6-8H2,1-2H3/t9-/m0/s1. The molecule has 1 aliphatic heterocycles. The fourth-order valence-corrected chi connectivity index (χ4v) is 4.23. The minimum absolute atomic E-state index is 0.0281. The number of halogens is 3. The number of rotatable bonds is 2. The number of nitrogens with zero attached hydrogens (tertiary/aromatic N) is 1. The van der Waals surface area contributed by atoms with E-state index in [0.29, 0.717) is 6.54 Å². The van der Waals surface area contributed by atoms with E-state index in [1.165, 1.54) is 17.3 Å². The summed E-state index contributed by atoms with van der Waals surface area (Å²) in [6.45, 7) is 4.01. The minimum atomic E-state index is -4.56. The number of piperazine rings is 1. The topological polar surface area (TPSA) is 49.4 Å². The van der Waals surface area contributed by atoms with Crippen molar-refractivity contribution in [3.63, 3.8) is 0 Å². The molecule has 1 saturated heterocycles. The molecule has 0 aromatic heterocycles. The Kier molecular flexibility index (Phi) is 4.32. The zero-order valence-corrected chi connectivity index (χ0v) is 12.6. The highest BCUT2D eigenvalue weighted by atomic mass is 32.2. The van der Waals surface area contributed by atoms with Crippen LogP contribution in [0.4, 0.5) is 13.2 Å². The van der Waals surface area contributed by atoms with Gasteiger partial charge in [-0.05, 0) is 31.5 Å². The summed E-state index contributed by atoms with van der Waals surface area (Å²) in [7, 11) is -3.92. The van der Waals surface area contributed by atoms with Crippen molar-refractivity contribution in [1.82, 2.24) is 9.62 Å². The number of hydrogen-bond donors (Lipinski definition) is 1. The second-order valence-electron chi connectivity index (χ2n) is 5.14. The maximum Gasteiger partial charge on any atom is 0.416 e. The minimum Gasteiger partial charge on any atom is -0.312 e. The maximum atomic E-state index is 12.9. The molecule has 1 aromatic rings. The molecule has 0 amide bonds. The van der Waals surface area contributed by atoms with Crippen molar-refractivity contribution in [3.05, 3.63) is 29.3 Å². The molecule has 0 aliphatic carbocycles. The van der Waals surface area contributed by atoms with Gasteiger partial charge in [-0.25, -0.2) is 8.42 Å². The highest BCUT2D eigenvalue weighted by Gasteiger charge is 2.36. The van der Waals surface area contributed by atoms with Gasteiger partial charge in [-0.2, -0.15) is 17.5 Å². The molecule has 118 valence electrons. The predicted molar refractivity (Wildman–Crippen MR) is 72.4 cm³/mol. The van der Waals surface area contributed by atoms with Crippen molar-refractivity contribution in [3.8, 4) is 0 Å². The maximum absolute atomic E-state index is 12.9. The third kappa shape index (κ3) is 3.22. The Balaban J connectivity index is 2.46. The molecule has 1 N–H and O–H groups in total. The SMILES string of the molecule is Cc1c(C(F)(F)F)cccc1S(=O)(=O)N1CCN[C@@H](C)C1. The summed E-state index contributed by atoms with van der Waals surface area (Å²) in [5.74, 6) is 0. The van der Waals surface area contributed by atoms with Crippen LogP contribution in [0.2, 0.25) is 0 Å². The Bertz CT molecular complexity index is 629. The number of hydrogen-bond acceptors (Lipinski definition) is 3. The lowest BCUT2D eigenvalue weighted by atomic mass is 10.1. The third-order valence-electron chi connectivity index (χ3n) is 3.54. The van der Waals surface area contributed by atoms with Crippen molar-refractivity contribution in [2.24, 2.45) is 0 Å². The highest BCUT2D eigenvalue weighted by molar-refractivity contribution is 7.89. The third-order valence-corrected chi connectivity index (χ3v) is 5.55. The molecule has 0 radical (unpaired) electrons. The first-order valence-corrected chi connectivity index (χ1v) is 7.98. The van der Waals surface area contributed by atoms with Crippen LogP contribution in [-0.4, -0.2) is 38.4 Å². The van der Waals surface area contributed by atoms with Gasteiger partial charge in [-0.3, -0.25) is 0 Å². The van der Waals surface area contributed by atoms with E-state index >= 15 is 0 Å². The second-order valence-corrected chi connectivity index (χ2v) is 7.05. The van der Waals surface area contributed by atoms with E-state index < -0.39 is 21.8 Å². The molecule has 1 heterocycles. The Morgan fingerprint density at radius 2 is 2.00 bits per heavy atom. The largest absolute Gasteiger partial charge is 0.416 e. The number of benzene rings is 1. The Hall–Kier alpha value is -1.12. The molecule has 8 heteroatoms. The summed E-state index contributed by atoms with van der Waals surface area (Å²) in [5, 5.41) is 3.10. The van der Waals surface area contributed by atoms with E-state index in [0.717, 1.165) is 12.1 Å². The molecule has 0 spiro atoms. The highest BCUT2D eigenvalue weighted by Crippen LogP contribution is 2.35. The van der Waals surface area contributed by atoms with Crippen LogP contribution < -0.4 is 5.32 Å². The average Bonchev–Trinajstić information content (AvgIpc) is 2.37. The van der Waals surface area contributed by atoms with Gasteiger partial charge in [-0.15, -0.1) is 0 Å².